The number of hydrogen-bond donors (Lipinski definition) is 2. The third-order valence-electron chi connectivity index (χ3n) is 3.09. The second-order valence-electron chi connectivity index (χ2n) is 4.44. The Bertz CT molecular complexity index is 894. The quantitative estimate of drug-likeness (QED) is 0.666. The molecule has 0 saturated heterocycles. The average Bonchev–Trinajstić information content (AvgIpc) is 2.49. The van der Waals surface area contributed by atoms with Gasteiger partial charge >= 0.3 is 0 Å². The van der Waals surface area contributed by atoms with Gasteiger partial charge in [0.2, 0.25) is 0 Å². The molecule has 2 aromatic heterocycles. The summed E-state index contributed by atoms with van der Waals surface area (Å²) < 4.78 is 0. The van der Waals surface area contributed by atoms with Crippen molar-refractivity contribution in [1.82, 2.24) is 15.2 Å². The van der Waals surface area contributed by atoms with Gasteiger partial charge in [0.15, 0.2) is 5.82 Å². The maximum atomic E-state index is 10.2. The first-order valence-electron chi connectivity index (χ1n) is 6.33. The van der Waals surface area contributed by atoms with E-state index in [2.05, 4.69) is 27.0 Å². The zero-order valence-electron chi connectivity index (χ0n) is 11.3. The highest BCUT2D eigenvalue weighted by Gasteiger charge is 2.13. The van der Waals surface area contributed by atoms with Crippen LogP contribution in [-0.4, -0.2) is 20.3 Å². The van der Waals surface area contributed by atoms with Gasteiger partial charge in [-0.05, 0) is 37.3 Å². The number of rotatable bonds is 1. The Labute approximate surface area is 121 Å². The van der Waals surface area contributed by atoms with Crippen molar-refractivity contribution >= 4 is 16.7 Å². The summed E-state index contributed by atoms with van der Waals surface area (Å²) in [6.45, 7) is 1.75. The summed E-state index contributed by atoms with van der Waals surface area (Å²) in [5.41, 5.74) is 8.21. The Morgan fingerprint density at radius 2 is 2.05 bits per heavy atom. The van der Waals surface area contributed by atoms with Gasteiger partial charge in [0.1, 0.15) is 17.0 Å². The number of phenolic OH excluding ortho intramolecular Hbond substituents is 1. The number of phenols is 1. The van der Waals surface area contributed by atoms with Gasteiger partial charge in [0.05, 0.1) is 0 Å². The third kappa shape index (κ3) is 2.23. The topological polar surface area (TPSA) is 84.9 Å². The molecule has 3 aromatic rings. The minimum absolute atomic E-state index is 0.0967. The van der Waals surface area contributed by atoms with Crippen LogP contribution in [0.15, 0.2) is 36.5 Å². The van der Waals surface area contributed by atoms with Crippen molar-refractivity contribution in [2.45, 2.75) is 6.92 Å². The number of nitrogens with two attached hydrogens (primary N) is 1. The number of aromatic hydroxyl groups is 1. The maximum absolute atomic E-state index is 10.2. The molecule has 0 aliphatic rings. The second-order valence-corrected chi connectivity index (χ2v) is 4.44. The molecule has 1 aromatic carbocycles. The molecule has 3 N–H and O–H groups in total. The molecule has 5 heteroatoms. The minimum atomic E-state index is 0.0967. The first-order valence-corrected chi connectivity index (χ1v) is 6.33. The van der Waals surface area contributed by atoms with Crippen molar-refractivity contribution in [2.24, 2.45) is 0 Å². The molecule has 102 valence electrons. The van der Waals surface area contributed by atoms with E-state index in [1.807, 2.05) is 12.1 Å². The zero-order chi connectivity index (χ0) is 14.8. The summed E-state index contributed by atoms with van der Waals surface area (Å²) in [4.78, 5) is 4.21. The molecule has 21 heavy (non-hydrogen) atoms. The number of aromatic nitrogens is 3. The number of pyridine rings is 1. The van der Waals surface area contributed by atoms with E-state index in [0.717, 1.165) is 10.9 Å². The molecule has 0 unspecified atom stereocenters. The molecular weight excluding hydrogens is 264 g/mol. The van der Waals surface area contributed by atoms with Crippen LogP contribution in [0.5, 0.6) is 5.75 Å². The van der Waals surface area contributed by atoms with E-state index in [-0.39, 0.29) is 11.6 Å². The maximum Gasteiger partial charge on any atom is 0.172 e. The number of nitrogens with zero attached hydrogens (tertiary/aromatic N) is 3. The van der Waals surface area contributed by atoms with Gasteiger partial charge in [-0.2, -0.15) is 0 Å². The Hall–Kier alpha value is -3.13. The van der Waals surface area contributed by atoms with Gasteiger partial charge in [-0.25, -0.2) is 0 Å². The molecule has 0 radical (unpaired) electrons. The van der Waals surface area contributed by atoms with Crippen molar-refractivity contribution in [3.05, 3.63) is 42.1 Å². The Kier molecular flexibility index (Phi) is 3.13. The summed E-state index contributed by atoms with van der Waals surface area (Å²) >= 11 is 0. The molecule has 0 fully saturated rings. The molecular formula is C16H12N4O. The normalized spacial score (nSPS) is 10.1. The van der Waals surface area contributed by atoms with Gasteiger partial charge in [0.25, 0.3) is 0 Å². The van der Waals surface area contributed by atoms with E-state index in [0.29, 0.717) is 16.8 Å². The molecule has 0 saturated carbocycles. The Morgan fingerprint density at radius 1 is 1.19 bits per heavy atom. The standard InChI is InChI=1S/C16H12N4O/c1-2-4-10-6-7-11(13(21)9-10)14-12-5-3-8-18-15(12)16(17)20-19-14/h3,5-9,21H,1H3,(H2,17,20). The highest BCUT2D eigenvalue weighted by atomic mass is 16.3. The Balaban J connectivity index is 2.25. The lowest BCUT2D eigenvalue weighted by molar-refractivity contribution is 0.477. The number of fused-ring (bicyclic) bond motifs is 1. The molecule has 0 aliphatic heterocycles. The van der Waals surface area contributed by atoms with Crippen LogP contribution in [0.3, 0.4) is 0 Å². The smallest absolute Gasteiger partial charge is 0.172 e. The van der Waals surface area contributed by atoms with Crippen molar-refractivity contribution in [3.63, 3.8) is 0 Å². The van der Waals surface area contributed by atoms with Crippen LogP contribution in [0.4, 0.5) is 5.82 Å². The van der Waals surface area contributed by atoms with Crippen LogP contribution < -0.4 is 5.73 Å². The predicted molar refractivity (Wildman–Crippen MR) is 81.4 cm³/mol. The number of nitrogen functional groups attached to an aromatic ring is 1. The fourth-order valence-corrected chi connectivity index (χ4v) is 2.16. The highest BCUT2D eigenvalue weighted by Crippen LogP contribution is 2.33. The van der Waals surface area contributed by atoms with Crippen LogP contribution in [0.25, 0.3) is 22.2 Å². The molecule has 3 rings (SSSR count). The van der Waals surface area contributed by atoms with Crippen molar-refractivity contribution in [1.29, 1.82) is 0 Å². The van der Waals surface area contributed by atoms with E-state index in [1.165, 1.54) is 0 Å². The Morgan fingerprint density at radius 3 is 2.81 bits per heavy atom. The van der Waals surface area contributed by atoms with Gasteiger partial charge in [-0.1, -0.05) is 5.92 Å². The monoisotopic (exact) mass is 276 g/mol. The van der Waals surface area contributed by atoms with E-state index < -0.39 is 0 Å². The summed E-state index contributed by atoms with van der Waals surface area (Å²) in [5.74, 6) is 6.05. The molecule has 2 heterocycles. The van der Waals surface area contributed by atoms with E-state index in [9.17, 15) is 5.11 Å². The van der Waals surface area contributed by atoms with E-state index >= 15 is 0 Å². The molecule has 0 spiro atoms. The highest BCUT2D eigenvalue weighted by molar-refractivity contribution is 5.97. The summed E-state index contributed by atoms with van der Waals surface area (Å²) in [6, 6.07) is 8.84. The lowest BCUT2D eigenvalue weighted by atomic mass is 10.0. The first-order chi connectivity index (χ1) is 10.2. The van der Waals surface area contributed by atoms with Crippen LogP contribution >= 0.6 is 0 Å². The van der Waals surface area contributed by atoms with Crippen LogP contribution in [-0.2, 0) is 0 Å². The molecule has 0 atom stereocenters. The van der Waals surface area contributed by atoms with Gasteiger partial charge in [-0.15, -0.1) is 16.1 Å². The SMILES string of the molecule is CC#Cc1ccc(-c2nnc(N)c3ncccc23)c(O)c1. The van der Waals surface area contributed by atoms with Gasteiger partial charge in [-0.3, -0.25) is 4.98 Å². The lowest BCUT2D eigenvalue weighted by Crippen LogP contribution is -1.99. The summed E-state index contributed by atoms with van der Waals surface area (Å²) in [5, 5.41) is 19.0. The van der Waals surface area contributed by atoms with Crippen LogP contribution in [0.2, 0.25) is 0 Å². The number of benzene rings is 1. The zero-order valence-corrected chi connectivity index (χ0v) is 11.3. The molecule has 0 bridgehead atoms. The fourth-order valence-electron chi connectivity index (χ4n) is 2.16. The first kappa shape index (κ1) is 12.9. The number of anilines is 1. The van der Waals surface area contributed by atoms with Crippen LogP contribution in [0.1, 0.15) is 12.5 Å². The van der Waals surface area contributed by atoms with Crippen molar-refractivity contribution in [2.75, 3.05) is 5.73 Å². The molecule has 5 nitrogen and oxygen atoms in total. The van der Waals surface area contributed by atoms with Gasteiger partial charge < -0.3 is 10.8 Å². The fraction of sp³-hybridized carbons (Fsp3) is 0.0625. The lowest BCUT2D eigenvalue weighted by Gasteiger charge is -2.08. The van der Waals surface area contributed by atoms with Crippen molar-refractivity contribution < 1.29 is 5.11 Å². The molecule has 0 aliphatic carbocycles. The summed E-state index contributed by atoms with van der Waals surface area (Å²) in [7, 11) is 0. The van der Waals surface area contributed by atoms with Crippen LogP contribution in [0, 0.1) is 11.8 Å². The second kappa shape index (κ2) is 5.10. The average molecular weight is 276 g/mol. The minimum Gasteiger partial charge on any atom is -0.507 e. The van der Waals surface area contributed by atoms with E-state index in [4.69, 9.17) is 5.73 Å². The van der Waals surface area contributed by atoms with Crippen molar-refractivity contribution in [3.8, 4) is 28.8 Å². The predicted octanol–water partition coefficient (Wildman–Crippen LogP) is 2.35. The third-order valence-corrected chi connectivity index (χ3v) is 3.09. The number of hydrogen-bond acceptors (Lipinski definition) is 5. The summed E-state index contributed by atoms with van der Waals surface area (Å²) in [6.07, 6.45) is 1.64. The largest absolute Gasteiger partial charge is 0.507 e. The van der Waals surface area contributed by atoms with Gasteiger partial charge in [0, 0.05) is 22.7 Å². The molecule has 0 amide bonds. The van der Waals surface area contributed by atoms with E-state index in [1.54, 1.807) is 31.3 Å².